The van der Waals surface area contributed by atoms with Crippen LogP contribution in [0, 0.1) is 0 Å². The van der Waals surface area contributed by atoms with Crippen LogP contribution in [0.2, 0.25) is 25.7 Å². The third kappa shape index (κ3) is 12.6. The number of aromatic nitrogens is 6. The number of nitrogens with zero attached hydrogens (tertiary/aromatic N) is 8. The van der Waals surface area contributed by atoms with Gasteiger partial charge < -0.3 is 25.2 Å². The fraction of sp³-hybridized carbons (Fsp3) is 0.673. The first-order chi connectivity index (χ1) is 32.9. The molecule has 380 valence electrons. The number of hydrogen-bond donors (Lipinski definition) is 3. The van der Waals surface area contributed by atoms with Crippen molar-refractivity contribution >= 4 is 61.1 Å². The Balaban J connectivity index is 0.000000158. The van der Waals surface area contributed by atoms with Gasteiger partial charge in [0.25, 0.3) is 29.4 Å². The summed E-state index contributed by atoms with van der Waals surface area (Å²) in [7, 11) is 5.08. The molecule has 0 spiro atoms. The molecular formula is C49H76ClN11O5S2Si. The molecule has 3 heterocycles. The van der Waals surface area contributed by atoms with E-state index in [0.717, 1.165) is 101 Å². The summed E-state index contributed by atoms with van der Waals surface area (Å²) in [6, 6.07) is 7.06. The topological polar surface area (TPSA) is 184 Å². The molecule has 0 bridgehead atoms. The van der Waals surface area contributed by atoms with Gasteiger partial charge in [0.2, 0.25) is 11.9 Å². The Hall–Kier alpha value is -3.43. The van der Waals surface area contributed by atoms with Gasteiger partial charge in [-0.2, -0.15) is 14.3 Å². The Labute approximate surface area is 416 Å². The van der Waals surface area contributed by atoms with Crippen LogP contribution in [0.5, 0.6) is 0 Å². The lowest BCUT2D eigenvalue weighted by molar-refractivity contribution is 0.0792. The summed E-state index contributed by atoms with van der Waals surface area (Å²) in [5.74, 6) is 0.697. The molecule has 0 atom stereocenters. The largest absolute Gasteiger partial charge is 0.359 e. The van der Waals surface area contributed by atoms with Gasteiger partial charge in [0.15, 0.2) is 0 Å². The molecule has 6 aliphatic rings. The van der Waals surface area contributed by atoms with E-state index in [1.807, 2.05) is 14.1 Å². The molecule has 3 N–H and O–H groups in total. The normalized spacial score (nSPS) is 18.6. The predicted octanol–water partition coefficient (Wildman–Crippen LogP) is 8.36. The van der Waals surface area contributed by atoms with Gasteiger partial charge in [-0.15, -0.1) is 10.2 Å². The number of ether oxygens (including phenoxy) is 1. The third-order valence-corrected chi connectivity index (χ3v) is 19.5. The summed E-state index contributed by atoms with van der Waals surface area (Å²) in [4.78, 5) is 13.1. The van der Waals surface area contributed by atoms with E-state index in [-0.39, 0.29) is 11.9 Å². The molecule has 0 unspecified atom stereocenters. The number of hydrogen-bond acceptors (Lipinski definition) is 13. The number of aryl methyl sites for hydroxylation is 4. The minimum absolute atomic E-state index is 0.0717. The molecule has 20 heteroatoms. The molecule has 2 aromatic heterocycles. The highest BCUT2D eigenvalue weighted by Gasteiger charge is 2.34. The summed E-state index contributed by atoms with van der Waals surface area (Å²) in [6.07, 6.45) is 22.0. The number of aromatic amines is 1. The van der Waals surface area contributed by atoms with E-state index in [4.69, 9.17) is 15.4 Å². The van der Waals surface area contributed by atoms with E-state index in [1.165, 1.54) is 98.4 Å². The molecule has 4 aromatic rings. The Bertz CT molecular complexity index is 2590. The molecule has 5 aliphatic carbocycles. The molecule has 2 fully saturated rings. The summed E-state index contributed by atoms with van der Waals surface area (Å²) in [6.45, 7) is 8.61. The number of benzene rings is 2. The van der Waals surface area contributed by atoms with Crippen molar-refractivity contribution in [3.05, 3.63) is 56.6 Å². The Kier molecular flexibility index (Phi) is 16.7. The molecule has 10 rings (SSSR count). The Morgan fingerprint density at radius 1 is 0.696 bits per heavy atom. The molecule has 2 aromatic carbocycles. The van der Waals surface area contributed by atoms with Crippen LogP contribution < -0.4 is 10.6 Å². The van der Waals surface area contributed by atoms with E-state index in [1.54, 1.807) is 0 Å². The summed E-state index contributed by atoms with van der Waals surface area (Å²) in [5.41, 5.74) is 13.2. The maximum atomic E-state index is 13.1. The van der Waals surface area contributed by atoms with E-state index in [9.17, 15) is 16.8 Å². The molecule has 69 heavy (non-hydrogen) atoms. The number of anilines is 4. The number of sulfonamides is 1. The summed E-state index contributed by atoms with van der Waals surface area (Å²) in [5, 5.41) is 17.3. The van der Waals surface area contributed by atoms with Crippen LogP contribution in [-0.4, -0.2) is 129 Å². The zero-order valence-corrected chi connectivity index (χ0v) is 45.5. The fourth-order valence-electron chi connectivity index (χ4n) is 11.0. The van der Waals surface area contributed by atoms with Crippen molar-refractivity contribution in [3.63, 3.8) is 0 Å². The minimum Gasteiger partial charge on any atom is -0.359 e. The summed E-state index contributed by atoms with van der Waals surface area (Å²) < 4.78 is 58.6. The second kappa shape index (κ2) is 22.1. The average molecular weight is 1030 g/mol. The first kappa shape index (κ1) is 51.9. The van der Waals surface area contributed by atoms with Gasteiger partial charge in [-0.05, 0) is 181 Å². The third-order valence-electron chi connectivity index (χ3n) is 15.0. The molecule has 16 nitrogen and oxygen atoms in total. The smallest absolute Gasteiger partial charge is 0.298 e. The van der Waals surface area contributed by atoms with Crippen LogP contribution in [0.3, 0.4) is 0 Å². The lowest BCUT2D eigenvalue weighted by Crippen LogP contribution is -2.44. The van der Waals surface area contributed by atoms with Crippen molar-refractivity contribution in [2.24, 2.45) is 0 Å². The van der Waals surface area contributed by atoms with Gasteiger partial charge in [-0.1, -0.05) is 51.0 Å². The molecular weight excluding hydrogens is 950 g/mol. The first-order valence-electron chi connectivity index (χ1n) is 25.5. The highest BCUT2D eigenvalue weighted by Crippen LogP contribution is 2.41. The number of halogens is 1. The van der Waals surface area contributed by atoms with Crippen LogP contribution in [0.25, 0.3) is 0 Å². The second-order valence-corrected chi connectivity index (χ2v) is 31.5. The molecule has 0 radical (unpaired) electrons. The molecule has 1 saturated heterocycles. The minimum atomic E-state index is -4.03. The Morgan fingerprint density at radius 3 is 1.65 bits per heavy atom. The molecule has 1 saturated carbocycles. The lowest BCUT2D eigenvalue weighted by atomic mass is 9.95. The maximum absolute atomic E-state index is 13.1. The van der Waals surface area contributed by atoms with E-state index >= 15 is 0 Å². The zero-order chi connectivity index (χ0) is 49.1. The van der Waals surface area contributed by atoms with Crippen molar-refractivity contribution in [2.75, 3.05) is 58.5 Å². The SMILES string of the molecule is CN(C)C1CCCCC1.CN(C)C1CCN(S(=O)(=O)c2nc(Nc3c4c(cc5c3CCC5)CCC4)n[nH]2)CC1.C[Si](C)(C)CCOCn1nc(S(=O)(=O)Cl)nc1Nc1c2c(cc3c1CCC3)CCC2. The van der Waals surface area contributed by atoms with E-state index in [0.29, 0.717) is 37.6 Å². The highest BCUT2D eigenvalue weighted by molar-refractivity contribution is 8.13. The highest BCUT2D eigenvalue weighted by atomic mass is 35.7. The quantitative estimate of drug-likeness (QED) is 0.0623. The van der Waals surface area contributed by atoms with E-state index in [2.05, 4.69) is 91.6 Å². The predicted molar refractivity (Wildman–Crippen MR) is 277 cm³/mol. The lowest BCUT2D eigenvalue weighted by Gasteiger charge is -2.33. The van der Waals surface area contributed by atoms with Crippen LogP contribution in [0.4, 0.5) is 23.3 Å². The second-order valence-electron chi connectivity index (χ2n) is 21.5. The fourth-order valence-corrected chi connectivity index (χ4v) is 13.7. The van der Waals surface area contributed by atoms with Gasteiger partial charge >= 0.3 is 0 Å². The molecule has 0 amide bonds. The van der Waals surface area contributed by atoms with Crippen LogP contribution in [-0.2, 0) is 81.9 Å². The number of rotatable bonds is 14. The van der Waals surface area contributed by atoms with Crippen LogP contribution >= 0.6 is 10.7 Å². The Morgan fingerprint density at radius 2 is 1.19 bits per heavy atom. The van der Waals surface area contributed by atoms with E-state index < -0.39 is 32.3 Å². The number of piperidine rings is 1. The standard InChI is InChI=1S/C21H30N6O2S.C20H29ClN4O3SSi.C8H17N/c1-26(2)16-9-11-27(12-10-16)30(28,29)21-23-20(24-25-21)22-19-17-7-3-5-14(17)13-15-6-4-8-18(15)19;1-30(2,3)11-10-28-13-25-19(23-20(24-25)29(21,26)27)22-18-16-8-4-6-14(16)12-15-7-5-9-17(15)18;1-9(2)8-6-4-3-5-7-8/h13,16H,3-12H2,1-2H3,(H2,22,23,24,25);12H,4-11,13H2,1-3H3,(H,22,23,24);8H,3-7H2,1-2H3. The maximum Gasteiger partial charge on any atom is 0.298 e. The van der Waals surface area contributed by atoms with Crippen molar-refractivity contribution < 1.29 is 21.6 Å². The molecule has 1 aliphatic heterocycles. The van der Waals surface area contributed by atoms with Gasteiger partial charge in [0, 0.05) is 61.9 Å². The first-order valence-corrected chi connectivity index (χ1v) is 32.9. The number of nitrogens with one attached hydrogen (secondary N) is 3. The van der Waals surface area contributed by atoms with Crippen molar-refractivity contribution in [3.8, 4) is 0 Å². The van der Waals surface area contributed by atoms with Gasteiger partial charge in [0.1, 0.15) is 6.73 Å². The monoisotopic (exact) mass is 1030 g/mol. The van der Waals surface area contributed by atoms with Crippen molar-refractivity contribution in [1.82, 2.24) is 44.1 Å². The van der Waals surface area contributed by atoms with Crippen molar-refractivity contribution in [1.29, 1.82) is 0 Å². The number of fused-ring (bicyclic) bond motifs is 4. The zero-order valence-electron chi connectivity index (χ0n) is 42.1. The number of H-pyrrole nitrogens is 1. The average Bonchev–Trinajstić information content (AvgIpc) is 4.18. The van der Waals surface area contributed by atoms with Gasteiger partial charge in [-0.3, -0.25) is 0 Å². The van der Waals surface area contributed by atoms with Crippen molar-refractivity contribution in [2.45, 2.75) is 177 Å². The van der Waals surface area contributed by atoms with Crippen LogP contribution in [0.1, 0.15) is 115 Å². The van der Waals surface area contributed by atoms with Gasteiger partial charge in [0.05, 0.1) is 0 Å². The summed E-state index contributed by atoms with van der Waals surface area (Å²) >= 11 is 0. The van der Waals surface area contributed by atoms with Gasteiger partial charge in [-0.25, -0.2) is 26.6 Å². The van der Waals surface area contributed by atoms with Crippen LogP contribution in [0.15, 0.2) is 22.4 Å².